The first-order chi connectivity index (χ1) is 11.4. The maximum absolute atomic E-state index is 14.4. The molecule has 0 spiro atoms. The average molecular weight is 338 g/mol. The van der Waals surface area contributed by atoms with Crippen LogP contribution in [0, 0.1) is 18.6 Å². The van der Waals surface area contributed by atoms with Gasteiger partial charge in [-0.05, 0) is 25.0 Å². The van der Waals surface area contributed by atoms with Crippen molar-refractivity contribution in [2.75, 3.05) is 0 Å². The molecule has 2 rings (SSSR count). The van der Waals surface area contributed by atoms with Crippen LogP contribution < -0.4 is 10.4 Å². The predicted octanol–water partition coefficient (Wildman–Crippen LogP) is 4.65. The van der Waals surface area contributed by atoms with Crippen molar-refractivity contribution in [1.82, 2.24) is 0 Å². The van der Waals surface area contributed by atoms with Gasteiger partial charge in [0.1, 0.15) is 0 Å². The van der Waals surface area contributed by atoms with Gasteiger partial charge in [-0.2, -0.15) is 4.39 Å². The highest BCUT2D eigenvalue weighted by molar-refractivity contribution is 5.83. The van der Waals surface area contributed by atoms with Crippen molar-refractivity contribution in [3.63, 3.8) is 0 Å². The molecule has 0 bridgehead atoms. The summed E-state index contributed by atoms with van der Waals surface area (Å²) in [6.07, 6.45) is 4.72. The van der Waals surface area contributed by atoms with Gasteiger partial charge in [0.15, 0.2) is 11.4 Å². The van der Waals surface area contributed by atoms with E-state index in [2.05, 4.69) is 6.92 Å². The third-order valence-electron chi connectivity index (χ3n) is 3.79. The fourth-order valence-corrected chi connectivity index (χ4v) is 2.49. The van der Waals surface area contributed by atoms with Crippen LogP contribution in [0.4, 0.5) is 8.78 Å². The number of benzene rings is 1. The Morgan fingerprint density at radius 3 is 2.58 bits per heavy atom. The van der Waals surface area contributed by atoms with Crippen LogP contribution in [-0.4, -0.2) is 5.97 Å². The molecular weight excluding hydrogens is 318 g/mol. The Morgan fingerprint density at radius 2 is 1.88 bits per heavy atom. The first-order valence-electron chi connectivity index (χ1n) is 8.07. The van der Waals surface area contributed by atoms with Crippen molar-refractivity contribution in [2.24, 2.45) is 0 Å². The van der Waals surface area contributed by atoms with Crippen molar-refractivity contribution in [1.29, 1.82) is 0 Å². The number of unbranched alkanes of at least 4 members (excludes halogenated alkanes) is 4. The molecule has 0 atom stereocenters. The number of fused-ring (bicyclic) bond motifs is 1. The van der Waals surface area contributed by atoms with Gasteiger partial charge in [0, 0.05) is 17.9 Å². The van der Waals surface area contributed by atoms with E-state index in [1.807, 2.05) is 0 Å². The summed E-state index contributed by atoms with van der Waals surface area (Å²) in [5, 5.41) is 0.129. The van der Waals surface area contributed by atoms with Gasteiger partial charge in [0.2, 0.25) is 11.6 Å². The molecule has 1 aromatic heterocycles. The lowest BCUT2D eigenvalue weighted by atomic mass is 10.1. The lowest BCUT2D eigenvalue weighted by Crippen LogP contribution is -2.11. The average Bonchev–Trinajstić information content (AvgIpc) is 2.52. The van der Waals surface area contributed by atoms with Crippen LogP contribution in [0.2, 0.25) is 0 Å². The fraction of sp³-hybridized carbons (Fsp3) is 0.444. The molecule has 2 aromatic rings. The number of hydrogen-bond donors (Lipinski definition) is 0. The van der Waals surface area contributed by atoms with Crippen molar-refractivity contribution < 1.29 is 22.7 Å². The Labute approximate surface area is 138 Å². The predicted molar refractivity (Wildman–Crippen MR) is 86.1 cm³/mol. The molecule has 24 heavy (non-hydrogen) atoms. The van der Waals surface area contributed by atoms with Crippen LogP contribution in [0.1, 0.15) is 51.0 Å². The monoisotopic (exact) mass is 338 g/mol. The van der Waals surface area contributed by atoms with Gasteiger partial charge in [-0.15, -0.1) is 0 Å². The quantitative estimate of drug-likeness (QED) is 0.319. The van der Waals surface area contributed by atoms with Gasteiger partial charge >= 0.3 is 11.6 Å². The fourth-order valence-electron chi connectivity index (χ4n) is 2.49. The third kappa shape index (κ3) is 4.19. The van der Waals surface area contributed by atoms with E-state index in [-0.39, 0.29) is 11.8 Å². The summed E-state index contributed by atoms with van der Waals surface area (Å²) in [6.45, 7) is 3.62. The Morgan fingerprint density at radius 1 is 1.17 bits per heavy atom. The lowest BCUT2D eigenvalue weighted by Gasteiger charge is -2.09. The molecule has 4 nitrogen and oxygen atoms in total. The van der Waals surface area contributed by atoms with Crippen LogP contribution in [0.15, 0.2) is 21.3 Å². The molecule has 0 saturated heterocycles. The van der Waals surface area contributed by atoms with Crippen LogP contribution in [0.3, 0.4) is 0 Å². The smallest absolute Gasteiger partial charge is 0.336 e. The molecule has 0 aliphatic carbocycles. The number of carbonyl (C=O) groups excluding carboxylic acids is 1. The highest BCUT2D eigenvalue weighted by Gasteiger charge is 2.21. The second-order valence-corrected chi connectivity index (χ2v) is 5.76. The van der Waals surface area contributed by atoms with E-state index < -0.39 is 34.6 Å². The first kappa shape index (κ1) is 18.1. The van der Waals surface area contributed by atoms with E-state index >= 15 is 0 Å². The molecule has 0 saturated carbocycles. The van der Waals surface area contributed by atoms with E-state index in [0.29, 0.717) is 12.0 Å². The minimum atomic E-state index is -1.18. The van der Waals surface area contributed by atoms with Crippen LogP contribution in [0.5, 0.6) is 5.75 Å². The largest absolute Gasteiger partial charge is 0.420 e. The zero-order valence-corrected chi connectivity index (χ0v) is 13.8. The van der Waals surface area contributed by atoms with E-state index in [0.717, 1.165) is 37.8 Å². The van der Waals surface area contributed by atoms with Gasteiger partial charge in [0.05, 0.1) is 0 Å². The molecule has 1 aromatic carbocycles. The molecule has 0 unspecified atom stereocenters. The van der Waals surface area contributed by atoms with Gasteiger partial charge in [-0.1, -0.05) is 32.6 Å². The van der Waals surface area contributed by atoms with Crippen LogP contribution in [0.25, 0.3) is 11.0 Å². The zero-order valence-electron chi connectivity index (χ0n) is 13.8. The number of ether oxygens (including phenoxy) is 1. The number of esters is 1. The molecule has 0 fully saturated rings. The topological polar surface area (TPSA) is 56.5 Å². The summed E-state index contributed by atoms with van der Waals surface area (Å²) in [7, 11) is 0. The van der Waals surface area contributed by atoms with Crippen molar-refractivity contribution in [3.05, 3.63) is 39.8 Å². The molecule has 0 aliphatic rings. The standard InChI is InChI=1S/C18H20F2O4/c1-3-4-5-6-7-8-14(21)23-18-13(19)10-12-11(2)9-15(22)24-17(12)16(18)20/h9-10H,3-8H2,1-2H3. The molecule has 0 N–H and O–H groups in total. The number of halogens is 2. The maximum Gasteiger partial charge on any atom is 0.336 e. The number of hydrogen-bond acceptors (Lipinski definition) is 4. The van der Waals surface area contributed by atoms with E-state index in [9.17, 15) is 18.4 Å². The summed E-state index contributed by atoms with van der Waals surface area (Å²) >= 11 is 0. The molecule has 130 valence electrons. The molecular formula is C18H20F2O4. The SMILES string of the molecule is CCCCCCCC(=O)Oc1c(F)cc2c(C)cc(=O)oc2c1F. The Hall–Kier alpha value is -2.24. The minimum Gasteiger partial charge on any atom is -0.420 e. The Balaban J connectivity index is 2.17. The molecule has 1 heterocycles. The highest BCUT2D eigenvalue weighted by atomic mass is 19.1. The maximum atomic E-state index is 14.4. The van der Waals surface area contributed by atoms with E-state index in [1.165, 1.54) is 0 Å². The van der Waals surface area contributed by atoms with E-state index in [4.69, 9.17) is 9.15 Å². The Bertz CT molecular complexity index is 796. The zero-order chi connectivity index (χ0) is 17.7. The highest BCUT2D eigenvalue weighted by Crippen LogP contribution is 2.31. The number of rotatable bonds is 7. The van der Waals surface area contributed by atoms with Gasteiger partial charge < -0.3 is 9.15 Å². The number of carbonyl (C=O) groups is 1. The van der Waals surface area contributed by atoms with Gasteiger partial charge in [-0.25, -0.2) is 9.18 Å². The molecule has 0 radical (unpaired) electrons. The normalized spacial score (nSPS) is 11.0. The molecule has 0 amide bonds. The van der Waals surface area contributed by atoms with Gasteiger partial charge in [0.25, 0.3) is 0 Å². The Kier molecular flexibility index (Phi) is 6.06. The lowest BCUT2D eigenvalue weighted by molar-refractivity contribution is -0.134. The van der Waals surface area contributed by atoms with E-state index in [1.54, 1.807) is 6.92 Å². The first-order valence-corrected chi connectivity index (χ1v) is 8.07. The molecule has 0 aliphatic heterocycles. The van der Waals surface area contributed by atoms with Gasteiger partial charge in [-0.3, -0.25) is 4.79 Å². The molecule has 6 heteroatoms. The summed E-state index contributed by atoms with van der Waals surface area (Å²) in [5.74, 6) is -3.71. The van der Waals surface area contributed by atoms with Crippen molar-refractivity contribution in [3.8, 4) is 5.75 Å². The van der Waals surface area contributed by atoms with Crippen molar-refractivity contribution >= 4 is 16.9 Å². The van der Waals surface area contributed by atoms with Crippen LogP contribution in [-0.2, 0) is 4.79 Å². The summed E-state index contributed by atoms with van der Waals surface area (Å²) in [5.41, 5.74) is -0.779. The minimum absolute atomic E-state index is 0.0817. The number of aryl methyl sites for hydroxylation is 1. The second kappa shape index (κ2) is 8.04. The second-order valence-electron chi connectivity index (χ2n) is 5.76. The van der Waals surface area contributed by atoms with Crippen molar-refractivity contribution in [2.45, 2.75) is 52.4 Å². The third-order valence-corrected chi connectivity index (χ3v) is 3.79. The van der Waals surface area contributed by atoms with Crippen LogP contribution >= 0.6 is 0 Å². The summed E-state index contributed by atoms with van der Waals surface area (Å²) < 4.78 is 38.1. The summed E-state index contributed by atoms with van der Waals surface area (Å²) in [6, 6.07) is 2.14. The summed E-state index contributed by atoms with van der Waals surface area (Å²) in [4.78, 5) is 23.1.